The smallest absolute Gasteiger partial charge is 0.391 e. The molecule has 0 aromatic heterocycles. The van der Waals surface area contributed by atoms with Crippen molar-refractivity contribution in [3.05, 3.63) is 0 Å². The Morgan fingerprint density at radius 2 is 1.94 bits per heavy atom. The largest absolute Gasteiger partial charge is 0.480 e. The lowest BCUT2D eigenvalue weighted by Gasteiger charge is -2.18. The third-order valence-electron chi connectivity index (χ3n) is 1.91. The number of hydrogen-bond acceptors (Lipinski definition) is 3. The van der Waals surface area contributed by atoms with Gasteiger partial charge in [-0.3, -0.25) is 4.79 Å². The van der Waals surface area contributed by atoms with Crippen molar-refractivity contribution in [3.63, 3.8) is 0 Å². The van der Waals surface area contributed by atoms with Crippen molar-refractivity contribution in [2.75, 3.05) is 12.0 Å². The normalized spacial score (nSPS) is 15.1. The molecule has 0 spiro atoms. The second-order valence-electron chi connectivity index (χ2n) is 3.58. The van der Waals surface area contributed by atoms with Gasteiger partial charge in [0.2, 0.25) is 5.91 Å². The molecular formula is C9H14F3NO3S. The molecule has 0 saturated heterocycles. The van der Waals surface area contributed by atoms with E-state index in [-0.39, 0.29) is 0 Å². The van der Waals surface area contributed by atoms with Crippen LogP contribution in [0.15, 0.2) is 0 Å². The molecule has 2 N–H and O–H groups in total. The highest BCUT2D eigenvalue weighted by atomic mass is 32.2. The zero-order valence-corrected chi connectivity index (χ0v) is 10.2. The van der Waals surface area contributed by atoms with Gasteiger partial charge in [0, 0.05) is 11.7 Å². The van der Waals surface area contributed by atoms with Crippen LogP contribution in [0.2, 0.25) is 0 Å². The Bertz CT molecular complexity index is 283. The van der Waals surface area contributed by atoms with Gasteiger partial charge in [-0.1, -0.05) is 6.92 Å². The van der Waals surface area contributed by atoms with Crippen molar-refractivity contribution >= 4 is 23.6 Å². The number of carboxylic acids is 1. The van der Waals surface area contributed by atoms with E-state index in [1.54, 1.807) is 6.26 Å². The van der Waals surface area contributed by atoms with E-state index in [0.717, 1.165) is 0 Å². The monoisotopic (exact) mass is 273 g/mol. The van der Waals surface area contributed by atoms with Crippen LogP contribution in [0.4, 0.5) is 13.2 Å². The van der Waals surface area contributed by atoms with Gasteiger partial charge in [0.05, 0.1) is 6.42 Å². The van der Waals surface area contributed by atoms with Crippen molar-refractivity contribution in [2.45, 2.75) is 25.6 Å². The lowest BCUT2D eigenvalue weighted by Crippen LogP contribution is -2.45. The molecule has 0 aliphatic carbocycles. The molecule has 0 heterocycles. The molecule has 100 valence electrons. The summed E-state index contributed by atoms with van der Waals surface area (Å²) in [6.07, 6.45) is -4.45. The number of amides is 1. The molecule has 2 unspecified atom stereocenters. The van der Waals surface area contributed by atoms with Crippen LogP contribution in [0, 0.1) is 5.92 Å². The quantitative estimate of drug-likeness (QED) is 0.770. The van der Waals surface area contributed by atoms with E-state index in [4.69, 9.17) is 5.11 Å². The molecule has 4 nitrogen and oxygen atoms in total. The zero-order chi connectivity index (χ0) is 13.6. The fraction of sp³-hybridized carbons (Fsp3) is 0.778. The van der Waals surface area contributed by atoms with Gasteiger partial charge in [0.1, 0.15) is 6.04 Å². The zero-order valence-electron chi connectivity index (χ0n) is 9.37. The van der Waals surface area contributed by atoms with Crippen molar-refractivity contribution in [1.29, 1.82) is 0 Å². The maximum Gasteiger partial charge on any atom is 0.391 e. The Balaban J connectivity index is 4.45. The summed E-state index contributed by atoms with van der Waals surface area (Å²) in [7, 11) is 0. The number of aliphatic carboxylic acids is 1. The summed E-state index contributed by atoms with van der Waals surface area (Å²) >= 11 is 1.36. The van der Waals surface area contributed by atoms with Crippen LogP contribution in [0.3, 0.4) is 0 Å². The minimum Gasteiger partial charge on any atom is -0.480 e. The third-order valence-corrected chi connectivity index (χ3v) is 2.75. The standard InChI is InChI=1S/C9H14F3NO3S/c1-5(4-17-2)7(14)13-6(8(15)16)3-9(10,11)12/h5-6H,3-4H2,1-2H3,(H,13,14)(H,15,16). The molecule has 0 fully saturated rings. The van der Waals surface area contributed by atoms with Crippen molar-refractivity contribution in [2.24, 2.45) is 5.92 Å². The van der Waals surface area contributed by atoms with Crippen LogP contribution in [0.25, 0.3) is 0 Å². The van der Waals surface area contributed by atoms with Crippen LogP contribution in [-0.2, 0) is 9.59 Å². The Hall–Kier alpha value is -0.920. The molecule has 0 bridgehead atoms. The fourth-order valence-electron chi connectivity index (χ4n) is 1.07. The molecule has 0 aromatic carbocycles. The molecule has 0 rings (SSSR count). The van der Waals surface area contributed by atoms with Crippen molar-refractivity contribution in [1.82, 2.24) is 5.32 Å². The average molecular weight is 273 g/mol. The lowest BCUT2D eigenvalue weighted by atomic mass is 10.1. The highest BCUT2D eigenvalue weighted by molar-refractivity contribution is 7.98. The summed E-state index contributed by atoms with van der Waals surface area (Å²) in [5.74, 6) is -2.48. The predicted octanol–water partition coefficient (Wildman–Crippen LogP) is 1.51. The van der Waals surface area contributed by atoms with E-state index in [1.807, 2.05) is 5.32 Å². The van der Waals surface area contributed by atoms with Crippen molar-refractivity contribution < 1.29 is 27.9 Å². The van der Waals surface area contributed by atoms with E-state index in [0.29, 0.717) is 5.75 Å². The summed E-state index contributed by atoms with van der Waals surface area (Å²) in [4.78, 5) is 22.0. The number of carbonyl (C=O) groups excluding carboxylic acids is 1. The van der Waals surface area contributed by atoms with E-state index >= 15 is 0 Å². The fourth-order valence-corrected chi connectivity index (χ4v) is 1.72. The van der Waals surface area contributed by atoms with E-state index in [1.165, 1.54) is 18.7 Å². The summed E-state index contributed by atoms with van der Waals surface area (Å²) in [5, 5.41) is 10.5. The molecule has 8 heteroatoms. The van der Waals surface area contributed by atoms with Crippen LogP contribution < -0.4 is 5.32 Å². The van der Waals surface area contributed by atoms with Gasteiger partial charge in [0.25, 0.3) is 0 Å². The number of nitrogens with one attached hydrogen (secondary N) is 1. The highest BCUT2D eigenvalue weighted by Crippen LogP contribution is 2.21. The number of thioether (sulfide) groups is 1. The summed E-state index contributed by atoms with van der Waals surface area (Å²) in [5.41, 5.74) is 0. The van der Waals surface area contributed by atoms with Gasteiger partial charge >= 0.3 is 12.1 Å². The first-order valence-corrected chi connectivity index (χ1v) is 6.15. The molecule has 0 radical (unpaired) electrons. The lowest BCUT2D eigenvalue weighted by molar-refractivity contribution is -0.160. The van der Waals surface area contributed by atoms with Crippen LogP contribution in [0.1, 0.15) is 13.3 Å². The van der Waals surface area contributed by atoms with Gasteiger partial charge < -0.3 is 10.4 Å². The topological polar surface area (TPSA) is 66.4 Å². The predicted molar refractivity (Wildman–Crippen MR) is 57.8 cm³/mol. The summed E-state index contributed by atoms with van der Waals surface area (Å²) in [6.45, 7) is 1.53. The second kappa shape index (κ2) is 6.73. The van der Waals surface area contributed by atoms with Gasteiger partial charge in [-0.2, -0.15) is 24.9 Å². The van der Waals surface area contributed by atoms with Gasteiger partial charge in [-0.25, -0.2) is 4.79 Å². The van der Waals surface area contributed by atoms with Crippen LogP contribution in [-0.4, -0.2) is 41.2 Å². The minimum absolute atomic E-state index is 0.421. The maximum atomic E-state index is 12.0. The minimum atomic E-state index is -4.63. The van der Waals surface area contributed by atoms with Gasteiger partial charge in [0.15, 0.2) is 0 Å². The number of halogens is 3. The number of hydrogen-bond donors (Lipinski definition) is 2. The Labute approximate surface area is 101 Å². The Morgan fingerprint density at radius 3 is 2.29 bits per heavy atom. The number of carboxylic acid groups (broad SMARTS) is 1. The molecule has 2 atom stereocenters. The molecule has 0 aliphatic heterocycles. The van der Waals surface area contributed by atoms with Crippen LogP contribution >= 0.6 is 11.8 Å². The maximum absolute atomic E-state index is 12.0. The second-order valence-corrected chi connectivity index (χ2v) is 4.49. The molecule has 0 aliphatic rings. The SMILES string of the molecule is CSCC(C)C(=O)NC(CC(F)(F)F)C(=O)O. The number of carbonyl (C=O) groups is 2. The van der Waals surface area contributed by atoms with E-state index < -0.39 is 36.4 Å². The van der Waals surface area contributed by atoms with Crippen LogP contribution in [0.5, 0.6) is 0 Å². The number of rotatable bonds is 6. The first kappa shape index (κ1) is 16.1. The van der Waals surface area contributed by atoms with E-state index in [9.17, 15) is 22.8 Å². The highest BCUT2D eigenvalue weighted by Gasteiger charge is 2.36. The molecular weight excluding hydrogens is 259 g/mol. The Kier molecular flexibility index (Phi) is 6.36. The molecule has 0 aromatic rings. The van der Waals surface area contributed by atoms with Gasteiger partial charge in [-0.15, -0.1) is 0 Å². The van der Waals surface area contributed by atoms with E-state index in [2.05, 4.69) is 0 Å². The number of alkyl halides is 3. The molecule has 0 saturated carbocycles. The molecule has 17 heavy (non-hydrogen) atoms. The first-order chi connectivity index (χ1) is 7.67. The average Bonchev–Trinajstić information content (AvgIpc) is 2.14. The Morgan fingerprint density at radius 1 is 1.41 bits per heavy atom. The van der Waals surface area contributed by atoms with Gasteiger partial charge in [-0.05, 0) is 6.26 Å². The van der Waals surface area contributed by atoms with Crippen molar-refractivity contribution in [3.8, 4) is 0 Å². The third kappa shape index (κ3) is 7.09. The first-order valence-electron chi connectivity index (χ1n) is 4.76. The summed E-state index contributed by atoms with van der Waals surface area (Å²) < 4.78 is 36.1. The molecule has 1 amide bonds. The summed E-state index contributed by atoms with van der Waals surface area (Å²) in [6, 6.07) is -1.92.